The molecule has 0 unspecified atom stereocenters. The lowest BCUT2D eigenvalue weighted by Gasteiger charge is -2.26. The van der Waals surface area contributed by atoms with Crippen molar-refractivity contribution in [1.82, 2.24) is 9.80 Å². The van der Waals surface area contributed by atoms with Gasteiger partial charge in [-0.1, -0.05) is 24.3 Å². The second-order valence-electron chi connectivity index (χ2n) is 9.66. The van der Waals surface area contributed by atoms with Crippen LogP contribution in [0, 0.1) is 6.92 Å². The summed E-state index contributed by atoms with van der Waals surface area (Å²) in [6, 6.07) is 13.7. The molecular weight excluding hydrogens is 426 g/mol. The van der Waals surface area contributed by atoms with Crippen LogP contribution in [0.3, 0.4) is 0 Å². The van der Waals surface area contributed by atoms with Crippen LogP contribution < -0.4 is 4.90 Å². The fraction of sp³-hybridized carbons (Fsp3) is 0.464. The Hall–Kier alpha value is -3.15. The molecule has 0 saturated carbocycles. The molecule has 2 aliphatic heterocycles. The number of likely N-dealkylation sites (N-methyl/N-ethyl adjacent to an activating group) is 1. The second-order valence-corrected chi connectivity index (χ2v) is 9.66. The first kappa shape index (κ1) is 24.0. The van der Waals surface area contributed by atoms with Crippen LogP contribution in [0.2, 0.25) is 0 Å². The van der Waals surface area contributed by atoms with E-state index < -0.39 is 0 Å². The number of anilines is 1. The maximum Gasteiger partial charge on any atom is 0.258 e. The van der Waals surface area contributed by atoms with Gasteiger partial charge in [-0.3, -0.25) is 14.4 Å². The highest BCUT2D eigenvalue weighted by Gasteiger charge is 2.34. The monoisotopic (exact) mass is 461 g/mol. The Morgan fingerprint density at radius 1 is 1.00 bits per heavy atom. The van der Waals surface area contributed by atoms with Crippen molar-refractivity contribution in [3.05, 3.63) is 64.7 Å². The van der Waals surface area contributed by atoms with Gasteiger partial charge < -0.3 is 14.7 Å². The Balaban J connectivity index is 1.43. The highest BCUT2D eigenvalue weighted by Crippen LogP contribution is 2.28. The summed E-state index contributed by atoms with van der Waals surface area (Å²) in [6.07, 6.45) is 5.65. The summed E-state index contributed by atoms with van der Waals surface area (Å²) < 4.78 is 0. The molecular formula is C28H35N3O3. The first-order valence-electron chi connectivity index (χ1n) is 12.4. The molecule has 2 aromatic carbocycles. The van der Waals surface area contributed by atoms with Gasteiger partial charge in [0.05, 0.1) is 0 Å². The molecule has 1 saturated heterocycles. The second kappa shape index (κ2) is 10.4. The van der Waals surface area contributed by atoms with E-state index in [2.05, 4.69) is 6.07 Å². The number of nitrogens with zero attached hydrogens (tertiary/aromatic N) is 3. The number of para-hydroxylation sites is 1. The molecule has 1 atom stereocenters. The number of hydrogen-bond donors (Lipinski definition) is 0. The van der Waals surface area contributed by atoms with E-state index in [1.54, 1.807) is 23.9 Å². The molecule has 4 rings (SSSR count). The molecule has 0 aliphatic carbocycles. The van der Waals surface area contributed by atoms with Gasteiger partial charge in [0, 0.05) is 44.9 Å². The van der Waals surface area contributed by atoms with Crippen molar-refractivity contribution in [2.75, 3.05) is 32.1 Å². The fourth-order valence-corrected chi connectivity index (χ4v) is 5.17. The summed E-state index contributed by atoms with van der Waals surface area (Å²) >= 11 is 0. The minimum absolute atomic E-state index is 0.0000165. The normalized spacial score (nSPS) is 17.8. The third-order valence-electron chi connectivity index (χ3n) is 7.10. The predicted octanol–water partition coefficient (Wildman–Crippen LogP) is 3.99. The first-order valence-corrected chi connectivity index (χ1v) is 12.4. The molecule has 1 fully saturated rings. The van der Waals surface area contributed by atoms with Gasteiger partial charge in [-0.2, -0.15) is 0 Å². The predicted molar refractivity (Wildman–Crippen MR) is 134 cm³/mol. The third-order valence-corrected chi connectivity index (χ3v) is 7.10. The maximum absolute atomic E-state index is 13.4. The van der Waals surface area contributed by atoms with Gasteiger partial charge in [-0.15, -0.1) is 0 Å². The third kappa shape index (κ3) is 5.01. The number of rotatable bonds is 5. The number of amides is 3. The number of benzene rings is 2. The summed E-state index contributed by atoms with van der Waals surface area (Å²) in [7, 11) is 3.47. The van der Waals surface area contributed by atoms with Gasteiger partial charge in [0.15, 0.2) is 0 Å². The van der Waals surface area contributed by atoms with Crippen molar-refractivity contribution in [2.24, 2.45) is 0 Å². The molecule has 180 valence electrons. The van der Waals surface area contributed by atoms with E-state index in [1.807, 2.05) is 48.2 Å². The van der Waals surface area contributed by atoms with Gasteiger partial charge in [0.2, 0.25) is 11.8 Å². The zero-order chi connectivity index (χ0) is 24.2. The zero-order valence-corrected chi connectivity index (χ0v) is 20.5. The van der Waals surface area contributed by atoms with Gasteiger partial charge in [-0.25, -0.2) is 0 Å². The minimum Gasteiger partial charge on any atom is -0.347 e. The molecule has 6 nitrogen and oxygen atoms in total. The van der Waals surface area contributed by atoms with E-state index in [4.69, 9.17) is 0 Å². The lowest BCUT2D eigenvalue weighted by molar-refractivity contribution is -0.142. The van der Waals surface area contributed by atoms with Crippen molar-refractivity contribution in [1.29, 1.82) is 0 Å². The first-order chi connectivity index (χ1) is 16.4. The van der Waals surface area contributed by atoms with Crippen molar-refractivity contribution < 1.29 is 14.4 Å². The van der Waals surface area contributed by atoms with Crippen LogP contribution in [-0.4, -0.2) is 60.7 Å². The summed E-state index contributed by atoms with van der Waals surface area (Å²) in [5, 5.41) is 0. The summed E-state index contributed by atoms with van der Waals surface area (Å²) in [4.78, 5) is 43.9. The van der Waals surface area contributed by atoms with Crippen molar-refractivity contribution in [2.45, 2.75) is 57.9 Å². The van der Waals surface area contributed by atoms with Crippen molar-refractivity contribution in [3.8, 4) is 0 Å². The van der Waals surface area contributed by atoms with Crippen molar-refractivity contribution >= 4 is 23.4 Å². The number of aryl methyl sites for hydroxylation is 3. The van der Waals surface area contributed by atoms with Crippen LogP contribution in [0.5, 0.6) is 0 Å². The maximum atomic E-state index is 13.4. The Kier molecular flexibility index (Phi) is 7.35. The van der Waals surface area contributed by atoms with Gasteiger partial charge in [0.1, 0.15) is 6.04 Å². The van der Waals surface area contributed by atoms with Crippen LogP contribution >= 0.6 is 0 Å². The van der Waals surface area contributed by atoms with Crippen LogP contribution in [0.25, 0.3) is 0 Å². The topological polar surface area (TPSA) is 60.9 Å². The van der Waals surface area contributed by atoms with E-state index in [1.165, 1.54) is 5.56 Å². The van der Waals surface area contributed by atoms with Crippen LogP contribution in [0.4, 0.5) is 5.69 Å². The Morgan fingerprint density at radius 3 is 2.56 bits per heavy atom. The molecule has 2 heterocycles. The van der Waals surface area contributed by atoms with Gasteiger partial charge >= 0.3 is 0 Å². The Labute approximate surface area is 202 Å². The molecule has 0 aromatic heterocycles. The van der Waals surface area contributed by atoms with Crippen molar-refractivity contribution in [3.63, 3.8) is 0 Å². The highest BCUT2D eigenvalue weighted by molar-refractivity contribution is 6.06. The van der Waals surface area contributed by atoms with E-state index in [0.29, 0.717) is 24.9 Å². The SMILES string of the molecule is Cc1cc(C(=O)N2CCCCc3ccccc32)ccc1CCC(=O)N1CCC[C@H]1C(=O)N(C)C. The number of hydrogen-bond acceptors (Lipinski definition) is 3. The van der Waals surface area contributed by atoms with E-state index in [-0.39, 0.29) is 23.8 Å². The fourth-order valence-electron chi connectivity index (χ4n) is 5.17. The largest absolute Gasteiger partial charge is 0.347 e. The summed E-state index contributed by atoms with van der Waals surface area (Å²) in [5.74, 6) is 0.0561. The number of carbonyl (C=O) groups is 3. The van der Waals surface area contributed by atoms with Crippen LogP contribution in [0.15, 0.2) is 42.5 Å². The lowest BCUT2D eigenvalue weighted by atomic mass is 10.00. The molecule has 2 aliphatic rings. The summed E-state index contributed by atoms with van der Waals surface area (Å²) in [5.41, 5.74) is 5.01. The zero-order valence-electron chi connectivity index (χ0n) is 20.5. The molecule has 0 bridgehead atoms. The molecule has 6 heteroatoms. The highest BCUT2D eigenvalue weighted by atomic mass is 16.2. The molecule has 2 aromatic rings. The molecule has 3 amide bonds. The Bertz CT molecular complexity index is 1080. The van der Waals surface area contributed by atoms with E-state index >= 15 is 0 Å². The lowest BCUT2D eigenvalue weighted by Crippen LogP contribution is -2.45. The average Bonchev–Trinajstić information content (AvgIpc) is 3.22. The average molecular weight is 462 g/mol. The Morgan fingerprint density at radius 2 is 1.79 bits per heavy atom. The van der Waals surface area contributed by atoms with Crippen LogP contribution in [0.1, 0.15) is 59.2 Å². The minimum atomic E-state index is -0.333. The molecule has 0 spiro atoms. The van der Waals surface area contributed by atoms with Crippen LogP contribution in [-0.2, 0) is 22.4 Å². The summed E-state index contributed by atoms with van der Waals surface area (Å²) in [6.45, 7) is 3.38. The number of carbonyl (C=O) groups excluding carboxylic acids is 3. The quantitative estimate of drug-likeness (QED) is 0.677. The molecule has 0 N–H and O–H groups in total. The smallest absolute Gasteiger partial charge is 0.258 e. The van der Waals surface area contributed by atoms with Gasteiger partial charge in [-0.05, 0) is 80.3 Å². The van der Waals surface area contributed by atoms with E-state index in [9.17, 15) is 14.4 Å². The van der Waals surface area contributed by atoms with Gasteiger partial charge in [0.25, 0.3) is 5.91 Å². The number of likely N-dealkylation sites (tertiary alicyclic amines) is 1. The van der Waals surface area contributed by atoms with E-state index in [0.717, 1.165) is 55.5 Å². The number of fused-ring (bicyclic) bond motifs is 1. The molecule has 34 heavy (non-hydrogen) atoms. The standard InChI is InChI=1S/C28H35N3O3/c1-20-19-23(27(33)31-17-7-6-10-22-9-4-5-11-24(22)31)14-13-21(20)15-16-26(32)30-18-8-12-25(30)28(34)29(2)3/h4-5,9,11,13-14,19,25H,6-8,10,12,15-18H2,1-3H3/t25-/m0/s1. The molecule has 0 radical (unpaired) electrons.